The van der Waals surface area contributed by atoms with Gasteiger partial charge in [0.15, 0.2) is 17.5 Å². The summed E-state index contributed by atoms with van der Waals surface area (Å²) in [7, 11) is 0. The molecule has 9 aromatic carbocycles. The third-order valence-corrected chi connectivity index (χ3v) is 10.9. The lowest BCUT2D eigenvalue weighted by Gasteiger charge is -2.26. The van der Waals surface area contributed by atoms with Crippen molar-refractivity contribution in [3.63, 3.8) is 0 Å². The standard InChI is InChI=1S/C53H34N4O/c1-3-14-35(15-4-1)36-28-31-41(32-29-36)57(40-20-5-2-6-21-40)47-26-13-27-48-50(47)46-33-30-39(34-49(46)58-48)51-54-52(44-24-11-18-37-16-7-9-22-42(37)44)56-53(55-51)45-25-12-19-38-17-8-10-23-43(38)45/h1-34H. The molecule has 5 heteroatoms. The first-order valence-corrected chi connectivity index (χ1v) is 19.4. The van der Waals surface area contributed by atoms with Crippen molar-refractivity contribution in [1.82, 2.24) is 15.0 Å². The van der Waals surface area contributed by atoms with Gasteiger partial charge in [-0.2, -0.15) is 0 Å². The van der Waals surface area contributed by atoms with E-state index in [0.717, 1.165) is 77.2 Å². The third-order valence-electron chi connectivity index (χ3n) is 10.9. The van der Waals surface area contributed by atoms with Crippen LogP contribution in [0.5, 0.6) is 0 Å². The first kappa shape index (κ1) is 33.4. The summed E-state index contributed by atoms with van der Waals surface area (Å²) in [6, 6.07) is 71.6. The molecule has 0 saturated carbocycles. The molecule has 2 aromatic heterocycles. The van der Waals surface area contributed by atoms with Crippen LogP contribution in [-0.2, 0) is 0 Å². The zero-order valence-corrected chi connectivity index (χ0v) is 31.3. The lowest BCUT2D eigenvalue weighted by Crippen LogP contribution is -2.10. The molecule has 0 N–H and O–H groups in total. The second-order valence-electron chi connectivity index (χ2n) is 14.4. The maximum Gasteiger partial charge on any atom is 0.164 e. The highest BCUT2D eigenvalue weighted by Gasteiger charge is 2.21. The molecule has 0 atom stereocenters. The van der Waals surface area contributed by atoms with Crippen LogP contribution in [0.15, 0.2) is 211 Å². The maximum absolute atomic E-state index is 6.70. The molecule has 0 fully saturated rings. The van der Waals surface area contributed by atoms with Crippen LogP contribution in [0.2, 0.25) is 0 Å². The van der Waals surface area contributed by atoms with E-state index in [1.165, 1.54) is 11.1 Å². The van der Waals surface area contributed by atoms with E-state index in [0.29, 0.717) is 17.5 Å². The van der Waals surface area contributed by atoms with E-state index >= 15 is 0 Å². The predicted molar refractivity (Wildman–Crippen MR) is 239 cm³/mol. The summed E-state index contributed by atoms with van der Waals surface area (Å²) in [5.41, 5.74) is 9.80. The van der Waals surface area contributed by atoms with Crippen LogP contribution in [0.1, 0.15) is 0 Å². The van der Waals surface area contributed by atoms with Gasteiger partial charge in [-0.25, -0.2) is 15.0 Å². The fourth-order valence-electron chi connectivity index (χ4n) is 8.16. The van der Waals surface area contributed by atoms with Crippen molar-refractivity contribution in [3.8, 4) is 45.3 Å². The molecule has 272 valence electrons. The Morgan fingerprint density at radius 1 is 0.345 bits per heavy atom. The number of rotatable bonds is 7. The summed E-state index contributed by atoms with van der Waals surface area (Å²) in [4.78, 5) is 17.8. The van der Waals surface area contributed by atoms with Crippen molar-refractivity contribution >= 4 is 60.5 Å². The van der Waals surface area contributed by atoms with Crippen LogP contribution < -0.4 is 4.90 Å². The molecule has 0 aliphatic rings. The molecule has 0 amide bonds. The second-order valence-corrected chi connectivity index (χ2v) is 14.4. The summed E-state index contributed by atoms with van der Waals surface area (Å²) in [6.07, 6.45) is 0. The van der Waals surface area contributed by atoms with Crippen LogP contribution in [0.25, 0.3) is 88.8 Å². The van der Waals surface area contributed by atoms with Crippen molar-refractivity contribution < 1.29 is 4.42 Å². The van der Waals surface area contributed by atoms with Crippen molar-refractivity contribution in [1.29, 1.82) is 0 Å². The van der Waals surface area contributed by atoms with Gasteiger partial charge in [-0.15, -0.1) is 0 Å². The van der Waals surface area contributed by atoms with Crippen molar-refractivity contribution in [2.45, 2.75) is 0 Å². The molecule has 0 radical (unpaired) electrons. The number of hydrogen-bond acceptors (Lipinski definition) is 5. The number of nitrogens with zero attached hydrogens (tertiary/aromatic N) is 4. The monoisotopic (exact) mass is 742 g/mol. The number of fused-ring (bicyclic) bond motifs is 5. The van der Waals surface area contributed by atoms with E-state index in [-0.39, 0.29) is 0 Å². The van der Waals surface area contributed by atoms with Crippen LogP contribution in [0, 0.1) is 0 Å². The maximum atomic E-state index is 6.70. The van der Waals surface area contributed by atoms with E-state index in [2.05, 4.69) is 193 Å². The molecular formula is C53H34N4O. The van der Waals surface area contributed by atoms with Gasteiger partial charge in [0, 0.05) is 33.5 Å². The molecule has 2 heterocycles. The van der Waals surface area contributed by atoms with Gasteiger partial charge in [-0.05, 0) is 81.2 Å². The zero-order valence-electron chi connectivity index (χ0n) is 31.3. The average Bonchev–Trinajstić information content (AvgIpc) is 3.68. The highest BCUT2D eigenvalue weighted by Crippen LogP contribution is 2.44. The van der Waals surface area contributed by atoms with Crippen LogP contribution in [0.3, 0.4) is 0 Å². The first-order valence-electron chi connectivity index (χ1n) is 19.4. The van der Waals surface area contributed by atoms with E-state index in [1.807, 2.05) is 18.2 Å². The average molecular weight is 743 g/mol. The van der Waals surface area contributed by atoms with Gasteiger partial charge in [0.25, 0.3) is 0 Å². The van der Waals surface area contributed by atoms with Gasteiger partial charge >= 0.3 is 0 Å². The van der Waals surface area contributed by atoms with Gasteiger partial charge in [0.2, 0.25) is 0 Å². The molecule has 0 spiro atoms. The van der Waals surface area contributed by atoms with Gasteiger partial charge in [-0.3, -0.25) is 0 Å². The summed E-state index contributed by atoms with van der Waals surface area (Å²) < 4.78 is 6.70. The van der Waals surface area contributed by atoms with Crippen molar-refractivity contribution in [3.05, 3.63) is 206 Å². The summed E-state index contributed by atoms with van der Waals surface area (Å²) in [5.74, 6) is 1.81. The lowest BCUT2D eigenvalue weighted by molar-refractivity contribution is 0.669. The number of benzene rings is 9. The fourth-order valence-corrected chi connectivity index (χ4v) is 8.16. The number of aromatic nitrogens is 3. The van der Waals surface area contributed by atoms with E-state index in [4.69, 9.17) is 19.4 Å². The van der Waals surface area contributed by atoms with Crippen LogP contribution in [0.4, 0.5) is 17.1 Å². The quantitative estimate of drug-likeness (QED) is 0.163. The Hall–Kier alpha value is -7.89. The minimum absolute atomic E-state index is 0.577. The second kappa shape index (κ2) is 14.0. The number of anilines is 3. The van der Waals surface area contributed by atoms with Gasteiger partial charge in [-0.1, -0.05) is 158 Å². The van der Waals surface area contributed by atoms with Gasteiger partial charge < -0.3 is 9.32 Å². The van der Waals surface area contributed by atoms with Crippen molar-refractivity contribution in [2.24, 2.45) is 0 Å². The summed E-state index contributed by atoms with van der Waals surface area (Å²) in [5, 5.41) is 6.47. The third kappa shape index (κ3) is 5.85. The predicted octanol–water partition coefficient (Wildman–Crippen LogP) is 14.2. The molecule has 0 unspecified atom stereocenters. The fraction of sp³-hybridized carbons (Fsp3) is 0. The minimum Gasteiger partial charge on any atom is -0.456 e. The highest BCUT2D eigenvalue weighted by molar-refractivity contribution is 6.14. The van der Waals surface area contributed by atoms with E-state index < -0.39 is 0 Å². The minimum atomic E-state index is 0.577. The van der Waals surface area contributed by atoms with Crippen LogP contribution >= 0.6 is 0 Å². The summed E-state index contributed by atoms with van der Waals surface area (Å²) >= 11 is 0. The highest BCUT2D eigenvalue weighted by atomic mass is 16.3. The molecule has 5 nitrogen and oxygen atoms in total. The SMILES string of the molecule is c1ccc(-c2ccc(N(c3ccccc3)c3cccc4oc5cc(-c6nc(-c7cccc8ccccc78)nc(-c7cccc8ccccc78)n6)ccc5c34)cc2)cc1. The Morgan fingerprint density at radius 3 is 1.53 bits per heavy atom. The Bertz CT molecular complexity index is 3180. The topological polar surface area (TPSA) is 55.1 Å². The Kier molecular flexibility index (Phi) is 8.07. The van der Waals surface area contributed by atoms with E-state index in [1.54, 1.807) is 0 Å². The van der Waals surface area contributed by atoms with Gasteiger partial charge in [0.1, 0.15) is 11.2 Å². The number of furan rings is 1. The zero-order chi connectivity index (χ0) is 38.4. The number of para-hydroxylation sites is 1. The van der Waals surface area contributed by atoms with E-state index in [9.17, 15) is 0 Å². The molecule has 0 bridgehead atoms. The Balaban J connectivity index is 1.08. The molecular weight excluding hydrogens is 709 g/mol. The summed E-state index contributed by atoms with van der Waals surface area (Å²) in [6.45, 7) is 0. The van der Waals surface area contributed by atoms with Crippen molar-refractivity contribution in [2.75, 3.05) is 4.90 Å². The number of hydrogen-bond donors (Lipinski definition) is 0. The molecule has 11 aromatic rings. The molecule has 58 heavy (non-hydrogen) atoms. The normalized spacial score (nSPS) is 11.4. The lowest BCUT2D eigenvalue weighted by atomic mass is 10.0. The molecule has 0 aliphatic carbocycles. The smallest absolute Gasteiger partial charge is 0.164 e. The molecule has 0 aliphatic heterocycles. The van der Waals surface area contributed by atoms with Crippen LogP contribution in [-0.4, -0.2) is 15.0 Å². The largest absolute Gasteiger partial charge is 0.456 e. The van der Waals surface area contributed by atoms with Gasteiger partial charge in [0.05, 0.1) is 11.1 Å². The molecule has 11 rings (SSSR count). The Morgan fingerprint density at radius 2 is 0.862 bits per heavy atom. The Labute approximate surface area is 335 Å². The molecule has 0 saturated heterocycles. The first-order chi connectivity index (χ1) is 28.7.